The Morgan fingerprint density at radius 1 is 1.38 bits per heavy atom. The maximum absolute atomic E-state index is 13.5. The molecule has 4 N–H and O–H groups in total. The molecule has 21 heavy (non-hydrogen) atoms. The van der Waals surface area contributed by atoms with Crippen LogP contribution in [-0.4, -0.2) is 14.4 Å². The first kappa shape index (κ1) is 13.8. The highest BCUT2D eigenvalue weighted by Gasteiger charge is 2.11. The van der Waals surface area contributed by atoms with Crippen LogP contribution < -0.4 is 16.6 Å². The molecular formula is C13H12BrFN6. The summed E-state index contributed by atoms with van der Waals surface area (Å²) in [7, 11) is 0. The third kappa shape index (κ3) is 2.55. The van der Waals surface area contributed by atoms with Gasteiger partial charge in [0, 0.05) is 18.1 Å². The highest BCUT2D eigenvalue weighted by Crippen LogP contribution is 2.28. The lowest BCUT2D eigenvalue weighted by Crippen LogP contribution is -2.11. The van der Waals surface area contributed by atoms with Crippen molar-refractivity contribution < 1.29 is 4.39 Å². The first-order chi connectivity index (χ1) is 10.1. The number of nitrogen functional groups attached to an aromatic ring is 1. The third-order valence-corrected chi connectivity index (χ3v) is 3.65. The van der Waals surface area contributed by atoms with E-state index in [0.29, 0.717) is 21.8 Å². The molecule has 0 saturated carbocycles. The lowest BCUT2D eigenvalue weighted by molar-refractivity contribution is 0.620. The topological polar surface area (TPSA) is 80.3 Å². The Kier molecular flexibility index (Phi) is 3.48. The number of hydrogen-bond donors (Lipinski definition) is 3. The minimum absolute atomic E-state index is 0.311. The molecule has 0 aliphatic carbocycles. The number of rotatable bonds is 3. The maximum Gasteiger partial charge on any atom is 0.180 e. The fourth-order valence-corrected chi connectivity index (χ4v) is 2.34. The average molecular weight is 351 g/mol. The summed E-state index contributed by atoms with van der Waals surface area (Å²) < 4.78 is 15.7. The Morgan fingerprint density at radius 2 is 2.19 bits per heavy atom. The van der Waals surface area contributed by atoms with Gasteiger partial charge in [-0.05, 0) is 40.5 Å². The number of benzene rings is 1. The molecule has 0 saturated heterocycles. The van der Waals surface area contributed by atoms with Crippen LogP contribution in [0.25, 0.3) is 5.65 Å². The van der Waals surface area contributed by atoms with Gasteiger partial charge in [0.2, 0.25) is 0 Å². The van der Waals surface area contributed by atoms with Crippen molar-refractivity contribution in [3.63, 3.8) is 0 Å². The van der Waals surface area contributed by atoms with Crippen LogP contribution in [-0.2, 0) is 0 Å². The Morgan fingerprint density at radius 3 is 2.95 bits per heavy atom. The molecule has 6 nitrogen and oxygen atoms in total. The van der Waals surface area contributed by atoms with E-state index in [9.17, 15) is 4.39 Å². The van der Waals surface area contributed by atoms with Gasteiger partial charge in [-0.25, -0.2) is 20.2 Å². The molecule has 0 spiro atoms. The molecule has 8 heteroatoms. The predicted octanol–water partition coefficient (Wildman–Crippen LogP) is 2.97. The molecular weight excluding hydrogens is 339 g/mol. The number of nitrogens with zero attached hydrogens (tertiary/aromatic N) is 3. The number of nitrogens with one attached hydrogen (secondary N) is 2. The van der Waals surface area contributed by atoms with Crippen molar-refractivity contribution in [2.75, 3.05) is 10.7 Å². The summed E-state index contributed by atoms with van der Waals surface area (Å²) in [5.74, 6) is 6.12. The smallest absolute Gasteiger partial charge is 0.180 e. The minimum atomic E-state index is -0.311. The molecule has 0 unspecified atom stereocenters. The molecule has 3 rings (SSSR count). The van der Waals surface area contributed by atoms with E-state index >= 15 is 0 Å². The first-order valence-corrected chi connectivity index (χ1v) is 6.91. The lowest BCUT2D eigenvalue weighted by Gasteiger charge is -2.12. The molecule has 1 aromatic carbocycles. The van der Waals surface area contributed by atoms with Crippen molar-refractivity contribution >= 4 is 38.9 Å². The fourth-order valence-electron chi connectivity index (χ4n) is 1.99. The summed E-state index contributed by atoms with van der Waals surface area (Å²) in [6.07, 6.45) is 5.17. The number of fused-ring (bicyclic) bond motifs is 1. The van der Waals surface area contributed by atoms with Crippen LogP contribution in [0.4, 0.5) is 21.7 Å². The average Bonchev–Trinajstić information content (AvgIpc) is 2.93. The van der Waals surface area contributed by atoms with Gasteiger partial charge < -0.3 is 15.1 Å². The van der Waals surface area contributed by atoms with Crippen molar-refractivity contribution in [3.8, 4) is 0 Å². The van der Waals surface area contributed by atoms with Gasteiger partial charge in [-0.1, -0.05) is 0 Å². The summed E-state index contributed by atoms with van der Waals surface area (Å²) in [6, 6.07) is 3.11. The number of aryl methyl sites for hydroxylation is 1. The number of imidazole rings is 1. The molecule has 0 amide bonds. The van der Waals surface area contributed by atoms with Crippen LogP contribution in [0.5, 0.6) is 0 Å². The summed E-state index contributed by atoms with van der Waals surface area (Å²) in [4.78, 5) is 8.58. The molecule has 108 valence electrons. The zero-order valence-electron chi connectivity index (χ0n) is 11.1. The quantitative estimate of drug-likeness (QED) is 0.499. The van der Waals surface area contributed by atoms with Crippen molar-refractivity contribution in [2.24, 2.45) is 5.84 Å². The normalized spacial score (nSPS) is 10.9. The van der Waals surface area contributed by atoms with E-state index in [1.807, 2.05) is 6.92 Å². The van der Waals surface area contributed by atoms with E-state index < -0.39 is 0 Å². The molecule has 0 radical (unpaired) electrons. The third-order valence-electron chi connectivity index (χ3n) is 3.04. The minimum Gasteiger partial charge on any atom is -0.337 e. The molecule has 2 heterocycles. The Labute approximate surface area is 128 Å². The van der Waals surface area contributed by atoms with Gasteiger partial charge >= 0.3 is 0 Å². The van der Waals surface area contributed by atoms with E-state index in [2.05, 4.69) is 36.6 Å². The van der Waals surface area contributed by atoms with Crippen LogP contribution in [0, 0.1) is 12.7 Å². The molecule has 0 bridgehead atoms. The summed E-state index contributed by atoms with van der Waals surface area (Å²) in [5.41, 5.74) is 4.64. The van der Waals surface area contributed by atoms with Gasteiger partial charge in [0.1, 0.15) is 5.82 Å². The highest BCUT2D eigenvalue weighted by atomic mass is 79.9. The molecule has 0 fully saturated rings. The molecule has 2 aromatic heterocycles. The molecule has 0 aliphatic heterocycles. The van der Waals surface area contributed by atoms with Gasteiger partial charge in [0.15, 0.2) is 17.3 Å². The second-order valence-corrected chi connectivity index (χ2v) is 5.34. The Balaban J connectivity index is 2.09. The molecule has 0 aliphatic rings. The van der Waals surface area contributed by atoms with Crippen LogP contribution in [0.3, 0.4) is 0 Å². The standard InChI is InChI=1S/C13H12BrFN6/c1-7-4-9(15)8(14)5-10(7)18-12-13-17-2-3-21(13)6-11(19-12)20-16/h2-6,20H,16H2,1H3,(H,18,19). The van der Waals surface area contributed by atoms with Crippen LogP contribution in [0.15, 0.2) is 35.2 Å². The summed E-state index contributed by atoms with van der Waals surface area (Å²) >= 11 is 3.18. The number of hydrogen-bond acceptors (Lipinski definition) is 5. The van der Waals surface area contributed by atoms with E-state index in [0.717, 1.165) is 11.3 Å². The Hall–Kier alpha value is -2.19. The van der Waals surface area contributed by atoms with E-state index in [4.69, 9.17) is 5.84 Å². The summed E-state index contributed by atoms with van der Waals surface area (Å²) in [5, 5.41) is 3.16. The van der Waals surface area contributed by atoms with Gasteiger partial charge in [-0.3, -0.25) is 0 Å². The second-order valence-electron chi connectivity index (χ2n) is 4.48. The van der Waals surface area contributed by atoms with Crippen LogP contribution in [0.1, 0.15) is 5.56 Å². The van der Waals surface area contributed by atoms with Crippen molar-refractivity contribution in [2.45, 2.75) is 6.92 Å². The van der Waals surface area contributed by atoms with Crippen molar-refractivity contribution in [1.82, 2.24) is 14.4 Å². The predicted molar refractivity (Wildman–Crippen MR) is 82.9 cm³/mol. The summed E-state index contributed by atoms with van der Waals surface area (Å²) in [6.45, 7) is 1.81. The van der Waals surface area contributed by atoms with Gasteiger partial charge in [0.05, 0.1) is 10.7 Å². The number of anilines is 3. The van der Waals surface area contributed by atoms with Gasteiger partial charge in [-0.2, -0.15) is 0 Å². The SMILES string of the molecule is Cc1cc(F)c(Br)cc1Nc1nc(NN)cn2ccnc12. The zero-order chi connectivity index (χ0) is 15.0. The zero-order valence-corrected chi connectivity index (χ0v) is 12.6. The monoisotopic (exact) mass is 350 g/mol. The van der Waals surface area contributed by atoms with Crippen LogP contribution >= 0.6 is 15.9 Å². The molecule has 0 atom stereocenters. The number of halogens is 2. The highest BCUT2D eigenvalue weighted by molar-refractivity contribution is 9.10. The van der Waals surface area contributed by atoms with Gasteiger partial charge in [0.25, 0.3) is 0 Å². The maximum atomic E-state index is 13.5. The van der Waals surface area contributed by atoms with Crippen LogP contribution in [0.2, 0.25) is 0 Å². The fraction of sp³-hybridized carbons (Fsp3) is 0.0769. The van der Waals surface area contributed by atoms with E-state index in [1.165, 1.54) is 6.07 Å². The number of aromatic nitrogens is 3. The largest absolute Gasteiger partial charge is 0.337 e. The van der Waals surface area contributed by atoms with Crippen molar-refractivity contribution in [1.29, 1.82) is 0 Å². The number of hydrazine groups is 1. The van der Waals surface area contributed by atoms with Gasteiger partial charge in [-0.15, -0.1) is 0 Å². The van der Waals surface area contributed by atoms with Crippen molar-refractivity contribution in [3.05, 3.63) is 46.6 Å². The second kappa shape index (κ2) is 5.30. The van der Waals surface area contributed by atoms with E-state index in [-0.39, 0.29) is 5.82 Å². The lowest BCUT2D eigenvalue weighted by atomic mass is 10.2. The van der Waals surface area contributed by atoms with E-state index in [1.54, 1.807) is 29.1 Å². The number of nitrogens with two attached hydrogens (primary N) is 1. The Bertz CT molecular complexity index is 816. The molecule has 3 aromatic rings. The first-order valence-electron chi connectivity index (χ1n) is 6.11.